The molecule has 2 aromatic rings. The lowest BCUT2D eigenvalue weighted by atomic mass is 9.99. The highest BCUT2D eigenvalue weighted by Crippen LogP contribution is 2.17. The molecule has 2 aromatic carbocycles. The van der Waals surface area contributed by atoms with Crippen molar-refractivity contribution in [2.24, 2.45) is 0 Å². The monoisotopic (exact) mass is 283 g/mol. The number of ketones is 1. The third-order valence-corrected chi connectivity index (χ3v) is 3.35. The maximum absolute atomic E-state index is 12.4. The van der Waals surface area contributed by atoms with Gasteiger partial charge >= 0.3 is 0 Å². The lowest BCUT2D eigenvalue weighted by Crippen LogP contribution is -2.02. The fourth-order valence-corrected chi connectivity index (χ4v) is 2.15. The van der Waals surface area contributed by atoms with Gasteiger partial charge in [-0.2, -0.15) is 0 Å². The normalized spacial score (nSPS) is 10.3. The highest BCUT2D eigenvalue weighted by molar-refractivity contribution is 6.09. The number of nitro benzene ring substituents is 1. The molecule has 0 unspecified atom stereocenters. The topological polar surface area (TPSA) is 60.2 Å². The number of hydrogen-bond donors (Lipinski definition) is 0. The molecular formula is C17H17NO3. The average Bonchev–Trinajstić information content (AvgIpc) is 2.52. The Balaban J connectivity index is 2.21. The molecule has 4 heteroatoms. The Hall–Kier alpha value is -2.49. The molecule has 0 atom stereocenters. The smallest absolute Gasteiger partial charge is 0.269 e. The number of nitro groups is 1. The molecule has 0 N–H and O–H groups in total. The van der Waals surface area contributed by atoms with Crippen LogP contribution in [-0.2, 0) is 6.42 Å². The van der Waals surface area contributed by atoms with Crippen LogP contribution in [0.2, 0.25) is 0 Å². The third-order valence-electron chi connectivity index (χ3n) is 3.35. The van der Waals surface area contributed by atoms with Crippen LogP contribution >= 0.6 is 0 Å². The van der Waals surface area contributed by atoms with Crippen LogP contribution in [0.5, 0.6) is 0 Å². The lowest BCUT2D eigenvalue weighted by Gasteiger charge is -2.04. The number of hydrogen-bond acceptors (Lipinski definition) is 3. The van der Waals surface area contributed by atoms with Gasteiger partial charge in [0, 0.05) is 23.3 Å². The highest BCUT2D eigenvalue weighted by Gasteiger charge is 2.11. The Kier molecular flexibility index (Phi) is 4.82. The van der Waals surface area contributed by atoms with E-state index < -0.39 is 4.92 Å². The van der Waals surface area contributed by atoms with Gasteiger partial charge in [0.05, 0.1) is 4.92 Å². The van der Waals surface area contributed by atoms with Gasteiger partial charge in [0.1, 0.15) is 0 Å². The Morgan fingerprint density at radius 1 is 1.10 bits per heavy atom. The van der Waals surface area contributed by atoms with Gasteiger partial charge in [0.15, 0.2) is 5.78 Å². The summed E-state index contributed by atoms with van der Waals surface area (Å²) in [6.45, 7) is 2.13. The highest BCUT2D eigenvalue weighted by atomic mass is 16.6. The first-order chi connectivity index (χ1) is 10.1. The third kappa shape index (κ3) is 3.75. The standard InChI is InChI=1S/C17H17NO3/c1-2-3-5-13-6-4-7-15(12-13)17(19)14-8-10-16(11-9-14)18(20)21/h4,6-12H,2-3,5H2,1H3. The molecule has 0 saturated carbocycles. The number of non-ortho nitro benzene ring substituents is 1. The van der Waals surface area contributed by atoms with Crippen LogP contribution in [0.4, 0.5) is 5.69 Å². The number of rotatable bonds is 6. The minimum Gasteiger partial charge on any atom is -0.289 e. The van der Waals surface area contributed by atoms with E-state index in [1.165, 1.54) is 24.3 Å². The number of benzene rings is 2. The minimum absolute atomic E-state index is 0.0109. The summed E-state index contributed by atoms with van der Waals surface area (Å²) in [5.41, 5.74) is 2.22. The molecule has 108 valence electrons. The second-order valence-corrected chi connectivity index (χ2v) is 4.94. The predicted molar refractivity (Wildman–Crippen MR) is 81.6 cm³/mol. The molecule has 0 bridgehead atoms. The van der Waals surface area contributed by atoms with Gasteiger partial charge in [-0.15, -0.1) is 0 Å². The molecule has 0 aliphatic carbocycles. The number of nitrogens with zero attached hydrogens (tertiary/aromatic N) is 1. The zero-order chi connectivity index (χ0) is 15.2. The van der Waals surface area contributed by atoms with Gasteiger partial charge in [0.2, 0.25) is 0 Å². The summed E-state index contributed by atoms with van der Waals surface area (Å²) in [5.74, 6) is -0.108. The van der Waals surface area contributed by atoms with Crippen LogP contribution in [0.3, 0.4) is 0 Å². The van der Waals surface area contributed by atoms with E-state index in [9.17, 15) is 14.9 Å². The van der Waals surface area contributed by atoms with Crippen molar-refractivity contribution >= 4 is 11.5 Å². The van der Waals surface area contributed by atoms with E-state index in [-0.39, 0.29) is 11.5 Å². The summed E-state index contributed by atoms with van der Waals surface area (Å²) in [6.07, 6.45) is 3.16. The summed E-state index contributed by atoms with van der Waals surface area (Å²) < 4.78 is 0. The van der Waals surface area contributed by atoms with Gasteiger partial charge < -0.3 is 0 Å². The lowest BCUT2D eigenvalue weighted by molar-refractivity contribution is -0.384. The van der Waals surface area contributed by atoms with Crippen LogP contribution in [-0.4, -0.2) is 10.7 Å². The Morgan fingerprint density at radius 2 is 1.81 bits per heavy atom. The number of carbonyl (C=O) groups excluding carboxylic acids is 1. The van der Waals surface area contributed by atoms with E-state index in [1.54, 1.807) is 6.07 Å². The summed E-state index contributed by atoms with van der Waals surface area (Å²) in [4.78, 5) is 22.5. The van der Waals surface area contributed by atoms with E-state index in [0.29, 0.717) is 11.1 Å². The molecular weight excluding hydrogens is 266 g/mol. The molecule has 0 aliphatic heterocycles. The molecule has 0 amide bonds. The fourth-order valence-electron chi connectivity index (χ4n) is 2.15. The number of carbonyl (C=O) groups is 1. The first-order valence-electron chi connectivity index (χ1n) is 7.00. The second-order valence-electron chi connectivity index (χ2n) is 4.94. The van der Waals surface area contributed by atoms with E-state index >= 15 is 0 Å². The Bertz CT molecular complexity index is 647. The molecule has 0 saturated heterocycles. The van der Waals surface area contributed by atoms with Gasteiger partial charge in [-0.05, 0) is 36.6 Å². The average molecular weight is 283 g/mol. The Labute approximate surface area is 123 Å². The maximum atomic E-state index is 12.4. The first kappa shape index (κ1) is 14.9. The van der Waals surface area contributed by atoms with Crippen molar-refractivity contribution in [2.75, 3.05) is 0 Å². The van der Waals surface area contributed by atoms with Crippen molar-refractivity contribution in [1.82, 2.24) is 0 Å². The summed E-state index contributed by atoms with van der Waals surface area (Å²) in [5, 5.41) is 10.6. The first-order valence-corrected chi connectivity index (χ1v) is 7.00. The van der Waals surface area contributed by atoms with Crippen LogP contribution in [0.25, 0.3) is 0 Å². The van der Waals surface area contributed by atoms with Crippen LogP contribution in [0.1, 0.15) is 41.3 Å². The SMILES string of the molecule is CCCCc1cccc(C(=O)c2ccc([N+](=O)[O-])cc2)c1. The fraction of sp³-hybridized carbons (Fsp3) is 0.235. The molecule has 0 radical (unpaired) electrons. The minimum atomic E-state index is -0.473. The maximum Gasteiger partial charge on any atom is 0.269 e. The molecule has 0 aromatic heterocycles. The molecule has 0 heterocycles. The number of aryl methyl sites for hydroxylation is 1. The van der Waals surface area contributed by atoms with Gasteiger partial charge in [0.25, 0.3) is 5.69 Å². The quantitative estimate of drug-likeness (QED) is 0.454. The summed E-state index contributed by atoms with van der Waals surface area (Å²) in [6, 6.07) is 13.3. The zero-order valence-electron chi connectivity index (χ0n) is 11.9. The van der Waals surface area contributed by atoms with Crippen molar-refractivity contribution in [3.8, 4) is 0 Å². The van der Waals surface area contributed by atoms with E-state index in [0.717, 1.165) is 24.8 Å². The second kappa shape index (κ2) is 6.79. The van der Waals surface area contributed by atoms with Gasteiger partial charge in [-0.3, -0.25) is 14.9 Å². The molecule has 0 fully saturated rings. The van der Waals surface area contributed by atoms with Gasteiger partial charge in [-0.25, -0.2) is 0 Å². The van der Waals surface area contributed by atoms with E-state index in [1.807, 2.05) is 18.2 Å². The zero-order valence-corrected chi connectivity index (χ0v) is 11.9. The van der Waals surface area contributed by atoms with Crippen molar-refractivity contribution in [1.29, 1.82) is 0 Å². The van der Waals surface area contributed by atoms with Crippen LogP contribution in [0.15, 0.2) is 48.5 Å². The van der Waals surface area contributed by atoms with Crippen molar-refractivity contribution < 1.29 is 9.72 Å². The molecule has 4 nitrogen and oxygen atoms in total. The Morgan fingerprint density at radius 3 is 2.43 bits per heavy atom. The van der Waals surface area contributed by atoms with Crippen molar-refractivity contribution in [3.05, 3.63) is 75.3 Å². The molecule has 0 aliphatic rings. The summed E-state index contributed by atoms with van der Waals surface area (Å²) in [7, 11) is 0. The van der Waals surface area contributed by atoms with Crippen LogP contribution in [0, 0.1) is 10.1 Å². The predicted octanol–water partition coefficient (Wildman–Crippen LogP) is 4.17. The largest absolute Gasteiger partial charge is 0.289 e. The van der Waals surface area contributed by atoms with Crippen LogP contribution < -0.4 is 0 Å². The van der Waals surface area contributed by atoms with Crippen molar-refractivity contribution in [2.45, 2.75) is 26.2 Å². The van der Waals surface area contributed by atoms with Crippen molar-refractivity contribution in [3.63, 3.8) is 0 Å². The molecule has 0 spiro atoms. The number of unbranched alkanes of at least 4 members (excludes halogenated alkanes) is 1. The molecule has 2 rings (SSSR count). The van der Waals surface area contributed by atoms with E-state index in [4.69, 9.17) is 0 Å². The summed E-state index contributed by atoms with van der Waals surface area (Å²) >= 11 is 0. The molecule has 21 heavy (non-hydrogen) atoms. The van der Waals surface area contributed by atoms with E-state index in [2.05, 4.69) is 6.92 Å². The van der Waals surface area contributed by atoms with Gasteiger partial charge in [-0.1, -0.05) is 31.5 Å².